The zero-order valence-corrected chi connectivity index (χ0v) is 23.6. The molecule has 4 unspecified atom stereocenters. The molecule has 4 atom stereocenters. The van der Waals surface area contributed by atoms with Gasteiger partial charge in [-0.1, -0.05) is 41.5 Å². The van der Waals surface area contributed by atoms with E-state index in [4.69, 9.17) is 13.6 Å². The molecular formula is C24H46O5Si2. The Hall–Kier alpha value is -0.506. The van der Waals surface area contributed by atoms with Crippen molar-refractivity contribution in [3.05, 3.63) is 0 Å². The number of hydrogen-bond donors (Lipinski definition) is 0. The third-order valence-electron chi connectivity index (χ3n) is 8.17. The van der Waals surface area contributed by atoms with Crippen molar-refractivity contribution in [2.75, 3.05) is 0 Å². The second-order valence-corrected chi connectivity index (χ2v) is 22.3. The summed E-state index contributed by atoms with van der Waals surface area (Å²) in [4.78, 5) is 25.3. The first-order valence-electron chi connectivity index (χ1n) is 12.0. The zero-order valence-electron chi connectivity index (χ0n) is 21.6. The summed E-state index contributed by atoms with van der Waals surface area (Å²) in [6.07, 6.45) is 4.75. The fourth-order valence-electron chi connectivity index (χ4n) is 3.98. The summed E-state index contributed by atoms with van der Waals surface area (Å²) < 4.78 is 18.3. The van der Waals surface area contributed by atoms with Crippen LogP contribution in [-0.2, 0) is 23.2 Å². The van der Waals surface area contributed by atoms with Gasteiger partial charge in [0.05, 0.1) is 11.8 Å². The Bertz CT molecular complexity index is 604. The first-order chi connectivity index (χ1) is 13.9. The van der Waals surface area contributed by atoms with E-state index in [2.05, 4.69) is 67.7 Å². The fourth-order valence-corrected chi connectivity index (χ4v) is 6.78. The van der Waals surface area contributed by atoms with E-state index in [1.165, 1.54) is 0 Å². The van der Waals surface area contributed by atoms with E-state index in [1.54, 1.807) is 0 Å². The van der Waals surface area contributed by atoms with E-state index >= 15 is 0 Å². The normalized spacial score (nSPS) is 28.1. The van der Waals surface area contributed by atoms with Crippen molar-refractivity contribution in [3.63, 3.8) is 0 Å². The topological polar surface area (TPSA) is 61.8 Å². The van der Waals surface area contributed by atoms with Crippen LogP contribution < -0.4 is 0 Å². The van der Waals surface area contributed by atoms with E-state index in [9.17, 15) is 9.59 Å². The van der Waals surface area contributed by atoms with Crippen LogP contribution in [0.3, 0.4) is 0 Å². The third-order valence-corrected chi connectivity index (χ3v) is 17.2. The average molecular weight is 471 g/mol. The van der Waals surface area contributed by atoms with E-state index in [-0.39, 0.29) is 46.1 Å². The molecule has 2 fully saturated rings. The van der Waals surface area contributed by atoms with Gasteiger partial charge >= 0.3 is 11.9 Å². The van der Waals surface area contributed by atoms with Crippen molar-refractivity contribution >= 4 is 28.6 Å². The molecule has 2 aliphatic rings. The van der Waals surface area contributed by atoms with Gasteiger partial charge in [0, 0.05) is 12.2 Å². The van der Waals surface area contributed by atoms with E-state index in [1.807, 2.05) is 0 Å². The Kier molecular flexibility index (Phi) is 8.10. The molecule has 0 aliphatic heterocycles. The lowest BCUT2D eigenvalue weighted by atomic mass is 10.1. The molecule has 0 aromatic rings. The summed E-state index contributed by atoms with van der Waals surface area (Å²) in [7, 11) is -3.72. The minimum atomic E-state index is -1.86. The van der Waals surface area contributed by atoms with Gasteiger partial charge in [-0.3, -0.25) is 9.59 Å². The smallest absolute Gasteiger partial charge is 0.316 e. The van der Waals surface area contributed by atoms with E-state index < -0.39 is 16.6 Å². The number of carbonyl (C=O) groups is 2. The highest BCUT2D eigenvalue weighted by Crippen LogP contribution is 2.42. The second kappa shape index (κ2) is 9.39. The van der Waals surface area contributed by atoms with Gasteiger partial charge < -0.3 is 13.6 Å². The predicted molar refractivity (Wildman–Crippen MR) is 130 cm³/mol. The highest BCUT2D eigenvalue weighted by atomic mass is 28.4. The number of carbonyl (C=O) groups excluding carboxylic acids is 2. The molecule has 2 saturated carbocycles. The molecule has 0 bridgehead atoms. The lowest BCUT2D eigenvalue weighted by Crippen LogP contribution is -2.43. The first-order valence-corrected chi connectivity index (χ1v) is 17.9. The molecule has 0 amide bonds. The molecule has 0 saturated heterocycles. The van der Waals surface area contributed by atoms with Gasteiger partial charge in [0.2, 0.25) is 0 Å². The number of esters is 2. The molecule has 180 valence electrons. The molecule has 5 nitrogen and oxygen atoms in total. The van der Waals surface area contributed by atoms with Crippen molar-refractivity contribution in [2.24, 2.45) is 11.8 Å². The molecule has 0 aromatic heterocycles. The Morgan fingerprint density at radius 3 is 1.26 bits per heavy atom. The molecule has 2 aliphatic carbocycles. The lowest BCUT2D eigenvalue weighted by Gasteiger charge is -2.38. The van der Waals surface area contributed by atoms with Crippen molar-refractivity contribution < 1.29 is 23.2 Å². The maximum atomic E-state index is 12.7. The lowest BCUT2D eigenvalue weighted by molar-refractivity contribution is -0.165. The largest absolute Gasteiger partial charge is 0.414 e. The van der Waals surface area contributed by atoms with Crippen LogP contribution in [0.1, 0.15) is 80.1 Å². The number of rotatable bonds is 6. The van der Waals surface area contributed by atoms with Gasteiger partial charge in [-0.05, 0) is 74.8 Å². The van der Waals surface area contributed by atoms with Crippen molar-refractivity contribution in [1.82, 2.24) is 0 Å². The van der Waals surface area contributed by atoms with Gasteiger partial charge in [0.15, 0.2) is 16.6 Å². The highest BCUT2D eigenvalue weighted by Gasteiger charge is 2.44. The van der Waals surface area contributed by atoms with Crippen LogP contribution in [0.4, 0.5) is 0 Å². The molecule has 0 spiro atoms. The van der Waals surface area contributed by atoms with Crippen LogP contribution in [0.5, 0.6) is 0 Å². The van der Waals surface area contributed by atoms with Crippen LogP contribution in [-0.4, -0.2) is 40.8 Å². The number of hydrogen-bond acceptors (Lipinski definition) is 5. The van der Waals surface area contributed by atoms with Crippen LogP contribution in [0.15, 0.2) is 0 Å². The first kappa shape index (κ1) is 26.7. The van der Waals surface area contributed by atoms with Crippen molar-refractivity contribution in [3.8, 4) is 0 Å². The molecule has 0 N–H and O–H groups in total. The standard InChI is InChI=1S/C24H46O5Si2/c1-23(2,3)30(7,8)28-19-13-11-17(15-19)21(25)27-22(26)18-12-14-20(16-18)29-31(9,10)24(4,5)6/h17-20H,11-16H2,1-10H3. The van der Waals surface area contributed by atoms with Gasteiger partial charge in [-0.15, -0.1) is 0 Å². The molecule has 31 heavy (non-hydrogen) atoms. The Labute approximate surface area is 192 Å². The number of ether oxygens (including phenoxy) is 1. The summed E-state index contributed by atoms with van der Waals surface area (Å²) in [6.45, 7) is 22.3. The predicted octanol–water partition coefficient (Wildman–Crippen LogP) is 6.44. The molecule has 0 radical (unpaired) electrons. The monoisotopic (exact) mass is 470 g/mol. The molecule has 7 heteroatoms. The molecule has 0 heterocycles. The summed E-state index contributed by atoms with van der Waals surface area (Å²) in [5.74, 6) is -1.17. The summed E-state index contributed by atoms with van der Waals surface area (Å²) in [5.41, 5.74) is 0. The van der Waals surface area contributed by atoms with Crippen LogP contribution in [0.25, 0.3) is 0 Å². The van der Waals surface area contributed by atoms with Gasteiger partial charge in [0.25, 0.3) is 0 Å². The summed E-state index contributed by atoms with van der Waals surface area (Å²) in [5, 5.41) is 0.292. The summed E-state index contributed by atoms with van der Waals surface area (Å²) in [6, 6.07) is 0. The Morgan fingerprint density at radius 2 is 0.968 bits per heavy atom. The minimum Gasteiger partial charge on any atom is -0.414 e. The minimum absolute atomic E-state index is 0.0994. The highest BCUT2D eigenvalue weighted by molar-refractivity contribution is 6.74. The summed E-state index contributed by atoms with van der Waals surface area (Å²) >= 11 is 0. The maximum absolute atomic E-state index is 12.7. The van der Waals surface area contributed by atoms with Gasteiger partial charge in [-0.2, -0.15) is 0 Å². The molecular weight excluding hydrogens is 424 g/mol. The molecule has 2 rings (SSSR count). The van der Waals surface area contributed by atoms with Crippen LogP contribution >= 0.6 is 0 Å². The Balaban J connectivity index is 1.82. The average Bonchev–Trinajstić information content (AvgIpc) is 3.21. The van der Waals surface area contributed by atoms with Gasteiger partial charge in [-0.25, -0.2) is 0 Å². The second-order valence-electron chi connectivity index (χ2n) is 12.8. The zero-order chi connectivity index (χ0) is 23.8. The van der Waals surface area contributed by atoms with Crippen LogP contribution in [0.2, 0.25) is 36.3 Å². The van der Waals surface area contributed by atoms with Crippen LogP contribution in [0, 0.1) is 11.8 Å². The van der Waals surface area contributed by atoms with Gasteiger partial charge in [0.1, 0.15) is 0 Å². The van der Waals surface area contributed by atoms with Crippen molar-refractivity contribution in [1.29, 1.82) is 0 Å². The van der Waals surface area contributed by atoms with E-state index in [0.717, 1.165) is 25.7 Å². The quantitative estimate of drug-likeness (QED) is 0.254. The molecule has 0 aromatic carbocycles. The maximum Gasteiger partial charge on any atom is 0.316 e. The Morgan fingerprint density at radius 1 is 0.645 bits per heavy atom. The SMILES string of the molecule is CC(C)(C)[Si](C)(C)OC1CCC(C(=O)OC(=O)C2CCC(O[Si](C)(C)C(C)(C)C)C2)C1. The van der Waals surface area contributed by atoms with E-state index in [0.29, 0.717) is 12.8 Å². The van der Waals surface area contributed by atoms with Crippen molar-refractivity contribution in [2.45, 2.75) is 129 Å². The third kappa shape index (κ3) is 6.74. The fraction of sp³-hybridized carbons (Fsp3) is 0.917.